The quantitative estimate of drug-likeness (QED) is 0.170. The van der Waals surface area contributed by atoms with Gasteiger partial charge in [-0.25, -0.2) is 18.0 Å². The molecule has 4 atom stereocenters. The highest BCUT2D eigenvalue weighted by molar-refractivity contribution is 5.92. The summed E-state index contributed by atoms with van der Waals surface area (Å²) in [7, 11) is 0. The summed E-state index contributed by atoms with van der Waals surface area (Å²) in [4.78, 5) is 29.7. The van der Waals surface area contributed by atoms with E-state index in [0.29, 0.717) is 30.5 Å². The zero-order chi connectivity index (χ0) is 34.3. The van der Waals surface area contributed by atoms with Crippen molar-refractivity contribution in [3.8, 4) is 0 Å². The summed E-state index contributed by atoms with van der Waals surface area (Å²) in [5.41, 5.74) is 3.73. The van der Waals surface area contributed by atoms with Crippen molar-refractivity contribution in [2.45, 2.75) is 55.9 Å². The van der Waals surface area contributed by atoms with Gasteiger partial charge < -0.3 is 30.5 Å². The third-order valence-corrected chi connectivity index (χ3v) is 8.99. The number of hydrogen-bond acceptors (Lipinski definition) is 7. The number of aromatic nitrogens is 1. The molecule has 4 N–H and O–H groups in total. The van der Waals surface area contributed by atoms with Gasteiger partial charge in [-0.2, -0.15) is 0 Å². The first-order valence-electron chi connectivity index (χ1n) is 16.2. The molecule has 3 aromatic carbocycles. The van der Waals surface area contributed by atoms with E-state index >= 15 is 4.39 Å². The van der Waals surface area contributed by atoms with Crippen molar-refractivity contribution in [1.29, 1.82) is 0 Å². The Bertz CT molecular complexity index is 1700. The van der Waals surface area contributed by atoms with E-state index in [1.165, 1.54) is 30.5 Å². The SMILES string of the molecule is O=C(CC(c1ccc(F)cc1)c1ccc(F)cc1)Nc1cncc(F)c1CC[C@@H]1CN[C@H](COC(=O)NC2c3ccccc3C[C@H]2O)CO1. The van der Waals surface area contributed by atoms with Gasteiger partial charge in [-0.3, -0.25) is 9.78 Å². The van der Waals surface area contributed by atoms with E-state index in [2.05, 4.69) is 20.9 Å². The first-order valence-corrected chi connectivity index (χ1v) is 16.2. The van der Waals surface area contributed by atoms with E-state index < -0.39 is 47.5 Å². The molecular formula is C37H37F3N4O5. The zero-order valence-electron chi connectivity index (χ0n) is 26.6. The van der Waals surface area contributed by atoms with Gasteiger partial charge >= 0.3 is 6.09 Å². The number of amides is 2. The van der Waals surface area contributed by atoms with Crippen molar-refractivity contribution in [1.82, 2.24) is 15.6 Å². The van der Waals surface area contributed by atoms with E-state index in [9.17, 15) is 23.5 Å². The molecule has 1 aliphatic heterocycles. The van der Waals surface area contributed by atoms with Crippen LogP contribution in [0.1, 0.15) is 52.6 Å². The third-order valence-electron chi connectivity index (χ3n) is 8.99. The number of carbonyl (C=O) groups is 2. The van der Waals surface area contributed by atoms with Crippen molar-refractivity contribution in [3.63, 3.8) is 0 Å². The number of nitrogens with zero attached hydrogens (tertiary/aromatic N) is 1. The summed E-state index contributed by atoms with van der Waals surface area (Å²) < 4.78 is 53.6. The van der Waals surface area contributed by atoms with E-state index in [4.69, 9.17) is 9.47 Å². The van der Waals surface area contributed by atoms with Crippen molar-refractivity contribution >= 4 is 17.7 Å². The van der Waals surface area contributed by atoms with Crippen LogP contribution in [0.4, 0.5) is 23.7 Å². The summed E-state index contributed by atoms with van der Waals surface area (Å²) in [6.45, 7) is 0.772. The Labute approximate surface area is 281 Å². The van der Waals surface area contributed by atoms with Crippen molar-refractivity contribution < 1.29 is 37.3 Å². The lowest BCUT2D eigenvalue weighted by molar-refractivity contribution is -0.116. The molecule has 9 nitrogen and oxygen atoms in total. The summed E-state index contributed by atoms with van der Waals surface area (Å²) in [5.74, 6) is -2.32. The first-order chi connectivity index (χ1) is 23.7. The molecule has 1 aliphatic carbocycles. The average Bonchev–Trinajstić information content (AvgIpc) is 3.41. The molecule has 1 fully saturated rings. The number of halogens is 3. The Hall–Kier alpha value is -4.78. The molecule has 0 bridgehead atoms. The number of ether oxygens (including phenoxy) is 2. The number of benzene rings is 3. The molecule has 0 radical (unpaired) electrons. The van der Waals surface area contributed by atoms with Gasteiger partial charge in [0.25, 0.3) is 0 Å². The Morgan fingerprint density at radius 3 is 2.35 bits per heavy atom. The highest BCUT2D eigenvalue weighted by Crippen LogP contribution is 2.32. The molecule has 2 amide bonds. The third kappa shape index (κ3) is 8.63. The monoisotopic (exact) mass is 674 g/mol. The maximum absolute atomic E-state index is 15.0. The van der Waals surface area contributed by atoms with Crippen LogP contribution < -0.4 is 16.0 Å². The van der Waals surface area contributed by atoms with E-state index in [-0.39, 0.29) is 49.5 Å². The molecule has 2 heterocycles. The molecule has 1 saturated heterocycles. The topological polar surface area (TPSA) is 122 Å². The molecule has 49 heavy (non-hydrogen) atoms. The smallest absolute Gasteiger partial charge is 0.407 e. The van der Waals surface area contributed by atoms with Crippen molar-refractivity contribution in [2.75, 3.05) is 25.1 Å². The lowest BCUT2D eigenvalue weighted by Gasteiger charge is -2.30. The second kappa shape index (κ2) is 15.6. The van der Waals surface area contributed by atoms with Gasteiger partial charge in [-0.05, 0) is 59.4 Å². The predicted molar refractivity (Wildman–Crippen MR) is 175 cm³/mol. The van der Waals surface area contributed by atoms with Gasteiger partial charge in [0.15, 0.2) is 0 Å². The summed E-state index contributed by atoms with van der Waals surface area (Å²) in [6.07, 6.45) is 1.98. The number of rotatable bonds is 11. The molecule has 0 saturated carbocycles. The lowest BCUT2D eigenvalue weighted by atomic mass is 9.88. The predicted octanol–water partition coefficient (Wildman–Crippen LogP) is 5.33. The van der Waals surface area contributed by atoms with Gasteiger partial charge in [-0.1, -0.05) is 48.5 Å². The number of carbonyl (C=O) groups excluding carboxylic acids is 2. The fraction of sp³-hybridized carbons (Fsp3) is 0.324. The minimum Gasteiger partial charge on any atom is -0.448 e. The number of aliphatic hydroxyl groups excluding tert-OH is 1. The van der Waals surface area contributed by atoms with E-state index in [0.717, 1.165) is 17.3 Å². The number of hydrogen-bond donors (Lipinski definition) is 4. The van der Waals surface area contributed by atoms with Gasteiger partial charge in [-0.15, -0.1) is 0 Å². The maximum atomic E-state index is 15.0. The highest BCUT2D eigenvalue weighted by Gasteiger charge is 2.33. The molecule has 1 unspecified atom stereocenters. The number of alkyl carbamates (subject to hydrolysis) is 1. The van der Waals surface area contributed by atoms with Crippen LogP contribution in [0.2, 0.25) is 0 Å². The molecule has 256 valence electrons. The van der Waals surface area contributed by atoms with E-state index in [1.807, 2.05) is 24.3 Å². The molecule has 2 aliphatic rings. The maximum Gasteiger partial charge on any atom is 0.407 e. The number of anilines is 1. The van der Waals surface area contributed by atoms with Crippen LogP contribution >= 0.6 is 0 Å². The summed E-state index contributed by atoms with van der Waals surface area (Å²) in [6, 6.07) is 18.3. The number of fused-ring (bicyclic) bond motifs is 1. The van der Waals surface area contributed by atoms with Crippen LogP contribution in [0.3, 0.4) is 0 Å². The zero-order valence-corrected chi connectivity index (χ0v) is 26.6. The molecule has 1 aromatic heterocycles. The molecule has 12 heteroatoms. The molecule has 4 aromatic rings. The fourth-order valence-electron chi connectivity index (χ4n) is 6.39. The van der Waals surface area contributed by atoms with E-state index in [1.54, 1.807) is 24.3 Å². The van der Waals surface area contributed by atoms with Crippen molar-refractivity contribution in [2.24, 2.45) is 0 Å². The highest BCUT2D eigenvalue weighted by atomic mass is 19.1. The number of aliphatic hydroxyl groups is 1. The number of pyridine rings is 1. The first kappa shape index (κ1) is 34.1. The van der Waals surface area contributed by atoms with Crippen LogP contribution in [0.5, 0.6) is 0 Å². The van der Waals surface area contributed by atoms with Crippen LogP contribution in [0, 0.1) is 17.5 Å². The molecule has 6 rings (SSSR count). The van der Waals surface area contributed by atoms with Gasteiger partial charge in [0, 0.05) is 30.9 Å². The Balaban J connectivity index is 0.993. The Morgan fingerprint density at radius 2 is 1.67 bits per heavy atom. The number of nitrogens with one attached hydrogen (secondary N) is 3. The van der Waals surface area contributed by atoms with Crippen LogP contribution in [0.25, 0.3) is 0 Å². The summed E-state index contributed by atoms with van der Waals surface area (Å²) >= 11 is 0. The van der Waals surface area contributed by atoms with Crippen LogP contribution in [0.15, 0.2) is 85.2 Å². The molecule has 0 spiro atoms. The largest absolute Gasteiger partial charge is 0.448 e. The van der Waals surface area contributed by atoms with Gasteiger partial charge in [0.1, 0.15) is 24.1 Å². The standard InChI is InChI=1S/C37H37F3N4O5/c38-25-9-5-22(6-10-25)31(23-7-11-26(39)12-8-23)16-35(46)43-33-19-41-18-32(40)30(33)14-13-28-17-42-27(20-48-28)21-49-37(47)44-36-29-4-2-1-3-24(29)15-34(36)45/h1-12,18-19,27-28,31,34,36,42,45H,13-17,20-21H2,(H,43,46)(H,44,47)/t27-,28+,34+,36?/m0/s1. The molecular weight excluding hydrogens is 637 g/mol. The van der Waals surface area contributed by atoms with Crippen LogP contribution in [-0.2, 0) is 27.1 Å². The second-order valence-corrected chi connectivity index (χ2v) is 12.3. The number of morpholine rings is 1. The Morgan fingerprint density at radius 1 is 0.980 bits per heavy atom. The minimum atomic E-state index is -0.722. The fourth-order valence-corrected chi connectivity index (χ4v) is 6.39. The van der Waals surface area contributed by atoms with Crippen molar-refractivity contribution in [3.05, 3.63) is 130 Å². The minimum absolute atomic E-state index is 0.0567. The summed E-state index contributed by atoms with van der Waals surface area (Å²) in [5, 5.41) is 19.2. The average molecular weight is 675 g/mol. The second-order valence-electron chi connectivity index (χ2n) is 12.3. The normalized spacial score (nSPS) is 20.1. The van der Waals surface area contributed by atoms with Crippen LogP contribution in [-0.4, -0.2) is 60.1 Å². The Kier molecular flexibility index (Phi) is 10.9. The van der Waals surface area contributed by atoms with Gasteiger partial charge in [0.2, 0.25) is 5.91 Å². The van der Waals surface area contributed by atoms with Gasteiger partial charge in [0.05, 0.1) is 49.0 Å². The lowest BCUT2D eigenvalue weighted by Crippen LogP contribution is -2.49.